The molecule has 1 fully saturated rings. The maximum absolute atomic E-state index is 13.5. The van der Waals surface area contributed by atoms with Gasteiger partial charge in [-0.3, -0.25) is 4.68 Å². The summed E-state index contributed by atoms with van der Waals surface area (Å²) in [6, 6.07) is 2.04. The zero-order valence-electron chi connectivity index (χ0n) is 18.0. The summed E-state index contributed by atoms with van der Waals surface area (Å²) in [5, 5.41) is 4.89. The van der Waals surface area contributed by atoms with Crippen LogP contribution >= 0.6 is 0 Å². The SMILES string of the molecule is Cc1cc(C)c(C)c(S(=O)(=O)N2CCN(c3nc(N)c4cnn(C)c4n3)CC2)c1C. The highest BCUT2D eigenvalue weighted by atomic mass is 32.2. The first-order valence-electron chi connectivity index (χ1n) is 9.89. The van der Waals surface area contributed by atoms with Crippen LogP contribution in [-0.2, 0) is 17.1 Å². The number of nitrogen functional groups attached to an aromatic ring is 1. The molecule has 1 saturated heterocycles. The molecule has 0 aliphatic carbocycles. The van der Waals surface area contributed by atoms with Crippen molar-refractivity contribution in [1.29, 1.82) is 0 Å². The zero-order chi connectivity index (χ0) is 21.8. The monoisotopic (exact) mass is 429 g/mol. The van der Waals surface area contributed by atoms with E-state index in [9.17, 15) is 8.42 Å². The third-order valence-electron chi connectivity index (χ3n) is 6.03. The van der Waals surface area contributed by atoms with Gasteiger partial charge in [0.25, 0.3) is 0 Å². The van der Waals surface area contributed by atoms with E-state index in [0.29, 0.717) is 53.9 Å². The Balaban J connectivity index is 1.60. The molecule has 1 aromatic carbocycles. The van der Waals surface area contributed by atoms with E-state index in [0.717, 1.165) is 22.3 Å². The largest absolute Gasteiger partial charge is 0.383 e. The second kappa shape index (κ2) is 7.21. The molecule has 30 heavy (non-hydrogen) atoms. The first-order chi connectivity index (χ1) is 14.1. The predicted molar refractivity (Wildman–Crippen MR) is 117 cm³/mol. The topological polar surface area (TPSA) is 110 Å². The molecule has 10 heteroatoms. The van der Waals surface area contributed by atoms with Gasteiger partial charge in [0.05, 0.1) is 16.5 Å². The second-order valence-corrected chi connectivity index (χ2v) is 9.77. The number of rotatable bonds is 3. The van der Waals surface area contributed by atoms with Gasteiger partial charge in [0.15, 0.2) is 5.65 Å². The minimum atomic E-state index is -3.59. The summed E-state index contributed by atoms with van der Waals surface area (Å²) in [4.78, 5) is 11.4. The van der Waals surface area contributed by atoms with Crippen LogP contribution in [0.4, 0.5) is 11.8 Å². The van der Waals surface area contributed by atoms with Crippen LogP contribution in [0.2, 0.25) is 0 Å². The molecule has 0 spiro atoms. The Kier molecular flexibility index (Phi) is 4.94. The summed E-state index contributed by atoms with van der Waals surface area (Å²) in [7, 11) is -1.78. The van der Waals surface area contributed by atoms with Crippen LogP contribution < -0.4 is 10.6 Å². The molecule has 2 aromatic heterocycles. The van der Waals surface area contributed by atoms with Crippen LogP contribution in [-0.4, -0.2) is 58.7 Å². The molecule has 1 aliphatic rings. The van der Waals surface area contributed by atoms with Gasteiger partial charge in [0, 0.05) is 33.2 Å². The summed E-state index contributed by atoms with van der Waals surface area (Å²) in [6.07, 6.45) is 1.65. The molecule has 0 bridgehead atoms. The summed E-state index contributed by atoms with van der Waals surface area (Å²) >= 11 is 0. The number of fused-ring (bicyclic) bond motifs is 1. The van der Waals surface area contributed by atoms with Gasteiger partial charge in [-0.25, -0.2) is 8.42 Å². The normalized spacial score (nSPS) is 15.8. The van der Waals surface area contributed by atoms with Crippen LogP contribution in [0.15, 0.2) is 17.2 Å². The molecular formula is C20H27N7O2S. The molecule has 2 N–H and O–H groups in total. The Morgan fingerprint density at radius 1 is 0.967 bits per heavy atom. The Morgan fingerprint density at radius 2 is 1.57 bits per heavy atom. The number of benzene rings is 1. The first-order valence-corrected chi connectivity index (χ1v) is 11.3. The molecule has 1 aliphatic heterocycles. The highest BCUT2D eigenvalue weighted by molar-refractivity contribution is 7.89. The van der Waals surface area contributed by atoms with Crippen molar-refractivity contribution in [2.24, 2.45) is 7.05 Å². The quantitative estimate of drug-likeness (QED) is 0.674. The molecular weight excluding hydrogens is 402 g/mol. The Labute approximate surface area is 176 Å². The number of anilines is 2. The van der Waals surface area contributed by atoms with Crippen molar-refractivity contribution in [2.75, 3.05) is 36.8 Å². The summed E-state index contributed by atoms with van der Waals surface area (Å²) in [5.41, 5.74) is 10.3. The van der Waals surface area contributed by atoms with Crippen molar-refractivity contribution in [3.8, 4) is 0 Å². The molecule has 0 unspecified atom stereocenters. The van der Waals surface area contributed by atoms with Gasteiger partial charge in [0.2, 0.25) is 16.0 Å². The number of nitrogens with zero attached hydrogens (tertiary/aromatic N) is 6. The van der Waals surface area contributed by atoms with Gasteiger partial charge >= 0.3 is 0 Å². The third kappa shape index (κ3) is 3.20. The summed E-state index contributed by atoms with van der Waals surface area (Å²) < 4.78 is 30.1. The summed E-state index contributed by atoms with van der Waals surface area (Å²) in [6.45, 7) is 9.37. The average Bonchev–Trinajstić information content (AvgIpc) is 3.08. The molecule has 3 heterocycles. The van der Waals surface area contributed by atoms with Gasteiger partial charge < -0.3 is 10.6 Å². The fourth-order valence-corrected chi connectivity index (χ4v) is 6.00. The average molecular weight is 430 g/mol. The van der Waals surface area contributed by atoms with Gasteiger partial charge in [-0.2, -0.15) is 19.4 Å². The number of nitrogens with two attached hydrogens (primary N) is 1. The van der Waals surface area contributed by atoms with Crippen LogP contribution in [0, 0.1) is 27.7 Å². The highest BCUT2D eigenvalue weighted by Gasteiger charge is 2.32. The smallest absolute Gasteiger partial charge is 0.243 e. The van der Waals surface area contributed by atoms with Crippen molar-refractivity contribution in [1.82, 2.24) is 24.1 Å². The second-order valence-electron chi connectivity index (χ2n) is 7.89. The van der Waals surface area contributed by atoms with E-state index in [2.05, 4.69) is 15.1 Å². The zero-order valence-corrected chi connectivity index (χ0v) is 18.8. The first kappa shape index (κ1) is 20.5. The van der Waals surface area contributed by atoms with E-state index >= 15 is 0 Å². The molecule has 0 atom stereocenters. The number of hydrogen-bond donors (Lipinski definition) is 1. The van der Waals surface area contributed by atoms with Crippen LogP contribution in [0.25, 0.3) is 11.0 Å². The number of piperazine rings is 1. The Hall–Kier alpha value is -2.72. The predicted octanol–water partition coefficient (Wildman–Crippen LogP) is 1.69. The lowest BCUT2D eigenvalue weighted by Crippen LogP contribution is -2.49. The van der Waals surface area contributed by atoms with E-state index in [-0.39, 0.29) is 0 Å². The Morgan fingerprint density at radius 3 is 2.17 bits per heavy atom. The number of sulfonamides is 1. The van der Waals surface area contributed by atoms with E-state index in [4.69, 9.17) is 5.73 Å². The van der Waals surface area contributed by atoms with Crippen molar-refractivity contribution in [3.05, 3.63) is 34.5 Å². The van der Waals surface area contributed by atoms with Crippen LogP contribution in [0.1, 0.15) is 22.3 Å². The fourth-order valence-electron chi connectivity index (χ4n) is 4.00. The molecule has 160 valence electrons. The molecule has 0 amide bonds. The summed E-state index contributed by atoms with van der Waals surface area (Å²) in [5.74, 6) is 0.874. The number of aromatic nitrogens is 4. The third-order valence-corrected chi connectivity index (χ3v) is 8.20. The maximum Gasteiger partial charge on any atom is 0.243 e. The van der Waals surface area contributed by atoms with Crippen molar-refractivity contribution in [2.45, 2.75) is 32.6 Å². The lowest BCUT2D eigenvalue weighted by atomic mass is 10.0. The van der Waals surface area contributed by atoms with Gasteiger partial charge in [-0.1, -0.05) is 6.07 Å². The minimum absolute atomic E-state index is 0.362. The molecule has 3 aromatic rings. The van der Waals surface area contributed by atoms with E-state index in [1.165, 1.54) is 0 Å². The van der Waals surface area contributed by atoms with Crippen LogP contribution in [0.3, 0.4) is 0 Å². The standard InChI is InChI=1S/C20H27N7O2S/c1-12-10-13(2)15(4)17(14(12)3)30(28,29)27-8-6-26(7-9-27)20-23-18(21)16-11-22-25(5)19(16)24-20/h10-11H,6-9H2,1-5H3,(H2,21,23,24). The Bertz CT molecular complexity index is 1220. The minimum Gasteiger partial charge on any atom is -0.383 e. The van der Waals surface area contributed by atoms with Crippen molar-refractivity contribution < 1.29 is 8.42 Å². The number of hydrogen-bond acceptors (Lipinski definition) is 7. The molecule has 9 nitrogen and oxygen atoms in total. The fraction of sp³-hybridized carbons (Fsp3) is 0.450. The highest BCUT2D eigenvalue weighted by Crippen LogP contribution is 2.30. The maximum atomic E-state index is 13.5. The van der Waals surface area contributed by atoms with Crippen molar-refractivity contribution in [3.63, 3.8) is 0 Å². The number of aryl methyl sites for hydroxylation is 3. The van der Waals surface area contributed by atoms with Crippen LogP contribution in [0.5, 0.6) is 0 Å². The van der Waals surface area contributed by atoms with E-state index < -0.39 is 10.0 Å². The van der Waals surface area contributed by atoms with E-state index in [1.807, 2.05) is 38.7 Å². The van der Waals surface area contributed by atoms with Crippen molar-refractivity contribution >= 4 is 32.8 Å². The lowest BCUT2D eigenvalue weighted by Gasteiger charge is -2.34. The lowest BCUT2D eigenvalue weighted by molar-refractivity contribution is 0.382. The molecule has 0 radical (unpaired) electrons. The van der Waals surface area contributed by atoms with Gasteiger partial charge in [-0.05, 0) is 49.9 Å². The molecule has 4 rings (SSSR count). The van der Waals surface area contributed by atoms with Gasteiger partial charge in [0.1, 0.15) is 5.82 Å². The van der Waals surface area contributed by atoms with E-state index in [1.54, 1.807) is 22.2 Å². The van der Waals surface area contributed by atoms with Gasteiger partial charge in [-0.15, -0.1) is 0 Å². The molecule has 0 saturated carbocycles.